The summed E-state index contributed by atoms with van der Waals surface area (Å²) in [5.41, 5.74) is -0.392. The molecule has 0 amide bonds. The third kappa shape index (κ3) is 1.94. The molecule has 1 aromatic carbocycles. The normalized spacial score (nSPS) is 24.8. The summed E-state index contributed by atoms with van der Waals surface area (Å²) in [7, 11) is -3.27. The van der Waals surface area contributed by atoms with Crippen molar-refractivity contribution in [2.75, 3.05) is 12.3 Å². The summed E-state index contributed by atoms with van der Waals surface area (Å²) in [5.74, 6) is -0.0122. The van der Waals surface area contributed by atoms with Gasteiger partial charge in [-0.25, -0.2) is 8.42 Å². The van der Waals surface area contributed by atoms with Crippen molar-refractivity contribution in [1.82, 2.24) is 5.32 Å². The van der Waals surface area contributed by atoms with Gasteiger partial charge in [0.1, 0.15) is 5.54 Å². The predicted octanol–water partition coefficient (Wildman–Crippen LogP) is 1.36. The molecule has 0 fully saturated rings. The van der Waals surface area contributed by atoms with Gasteiger partial charge in [0.05, 0.1) is 16.7 Å². The third-order valence-corrected chi connectivity index (χ3v) is 4.93. The molecule has 18 heavy (non-hydrogen) atoms. The van der Waals surface area contributed by atoms with Gasteiger partial charge in [-0.05, 0) is 12.5 Å². The van der Waals surface area contributed by atoms with Crippen molar-refractivity contribution in [2.24, 2.45) is 0 Å². The Labute approximate surface area is 107 Å². The van der Waals surface area contributed by atoms with E-state index in [2.05, 4.69) is 18.0 Å². The average molecular weight is 262 g/mol. The smallest absolute Gasteiger partial charge is 0.178 e. The molecular formula is C13H14N2O2S. The van der Waals surface area contributed by atoms with Crippen LogP contribution < -0.4 is 5.32 Å². The second-order valence-electron chi connectivity index (χ2n) is 4.25. The molecule has 0 spiro atoms. The van der Waals surface area contributed by atoms with Gasteiger partial charge in [-0.1, -0.05) is 24.3 Å². The van der Waals surface area contributed by atoms with Crippen LogP contribution in [-0.2, 0) is 15.4 Å². The molecular weight excluding hydrogens is 248 g/mol. The summed E-state index contributed by atoms with van der Waals surface area (Å²) in [5, 5.41) is 12.5. The summed E-state index contributed by atoms with van der Waals surface area (Å²) in [4.78, 5) is 0.259. The van der Waals surface area contributed by atoms with Gasteiger partial charge < -0.3 is 0 Å². The van der Waals surface area contributed by atoms with Gasteiger partial charge in [-0.15, -0.1) is 6.58 Å². The van der Waals surface area contributed by atoms with E-state index >= 15 is 0 Å². The van der Waals surface area contributed by atoms with Crippen molar-refractivity contribution >= 4 is 9.84 Å². The Balaban J connectivity index is 2.60. The standard InChI is InChI=1S/C13H14N2O2S/c1-2-8-15-13(10-14)7-9-18(16,17)12-6-4-3-5-11(12)13/h2-6,15H,1,7-9H2. The fraction of sp³-hybridized carbons (Fsp3) is 0.308. The second-order valence-corrected chi connectivity index (χ2v) is 6.33. The number of fused-ring (bicyclic) bond motifs is 1. The number of nitrogens with one attached hydrogen (secondary N) is 1. The molecule has 0 radical (unpaired) electrons. The fourth-order valence-electron chi connectivity index (χ4n) is 2.21. The van der Waals surface area contributed by atoms with Crippen LogP contribution in [0.5, 0.6) is 0 Å². The van der Waals surface area contributed by atoms with Crippen molar-refractivity contribution in [1.29, 1.82) is 5.26 Å². The van der Waals surface area contributed by atoms with Crippen LogP contribution in [0.1, 0.15) is 12.0 Å². The third-order valence-electron chi connectivity index (χ3n) is 3.17. The minimum Gasteiger partial charge on any atom is -0.292 e. The Kier molecular flexibility index (Phi) is 3.24. The van der Waals surface area contributed by atoms with Crippen LogP contribution in [0.25, 0.3) is 0 Å². The molecule has 0 aliphatic carbocycles. The van der Waals surface area contributed by atoms with E-state index in [4.69, 9.17) is 0 Å². The Morgan fingerprint density at radius 3 is 2.89 bits per heavy atom. The van der Waals surface area contributed by atoms with Crippen molar-refractivity contribution in [2.45, 2.75) is 16.9 Å². The first kappa shape index (κ1) is 12.8. The molecule has 0 aromatic heterocycles. The van der Waals surface area contributed by atoms with E-state index in [1.165, 1.54) is 0 Å². The highest BCUT2D eigenvalue weighted by molar-refractivity contribution is 7.91. The zero-order valence-corrected chi connectivity index (χ0v) is 10.7. The maximum absolute atomic E-state index is 12.0. The van der Waals surface area contributed by atoms with E-state index in [0.717, 1.165) is 0 Å². The lowest BCUT2D eigenvalue weighted by Gasteiger charge is -2.33. The molecule has 1 aliphatic heterocycles. The molecule has 0 saturated carbocycles. The Hall–Kier alpha value is -1.64. The molecule has 5 heteroatoms. The average Bonchev–Trinajstić information content (AvgIpc) is 2.39. The molecule has 1 unspecified atom stereocenters. The van der Waals surface area contributed by atoms with Crippen molar-refractivity contribution in [3.63, 3.8) is 0 Å². The van der Waals surface area contributed by atoms with Gasteiger partial charge >= 0.3 is 0 Å². The molecule has 4 nitrogen and oxygen atoms in total. The molecule has 1 atom stereocenters. The van der Waals surface area contributed by atoms with E-state index < -0.39 is 15.4 Å². The maximum atomic E-state index is 12.0. The minimum atomic E-state index is -3.27. The van der Waals surface area contributed by atoms with E-state index in [-0.39, 0.29) is 17.1 Å². The van der Waals surface area contributed by atoms with Crippen LogP contribution in [-0.4, -0.2) is 20.7 Å². The van der Waals surface area contributed by atoms with Gasteiger partial charge in [-0.2, -0.15) is 5.26 Å². The maximum Gasteiger partial charge on any atom is 0.178 e. The van der Waals surface area contributed by atoms with Crippen LogP contribution in [0.4, 0.5) is 0 Å². The lowest BCUT2D eigenvalue weighted by molar-refractivity contribution is 0.415. The van der Waals surface area contributed by atoms with E-state index in [1.54, 1.807) is 30.3 Å². The number of benzene rings is 1. The van der Waals surface area contributed by atoms with Gasteiger partial charge in [-0.3, -0.25) is 5.32 Å². The first-order valence-corrected chi connectivity index (χ1v) is 7.30. The first-order valence-electron chi connectivity index (χ1n) is 5.65. The summed E-state index contributed by atoms with van der Waals surface area (Å²) < 4.78 is 24.0. The molecule has 0 bridgehead atoms. The van der Waals surface area contributed by atoms with Crippen molar-refractivity contribution in [3.05, 3.63) is 42.5 Å². The van der Waals surface area contributed by atoms with Gasteiger partial charge in [0.15, 0.2) is 9.84 Å². The molecule has 1 aromatic rings. The number of nitriles is 1. The zero-order chi connectivity index (χ0) is 13.2. The summed E-state index contributed by atoms with van der Waals surface area (Å²) in [6, 6.07) is 8.91. The number of hydrogen-bond acceptors (Lipinski definition) is 4. The van der Waals surface area contributed by atoms with Crippen molar-refractivity contribution in [3.8, 4) is 6.07 Å². The highest BCUT2D eigenvalue weighted by atomic mass is 32.2. The summed E-state index contributed by atoms with van der Waals surface area (Å²) >= 11 is 0. The van der Waals surface area contributed by atoms with Crippen LogP contribution in [0.3, 0.4) is 0 Å². The Bertz CT molecular complexity index is 616. The summed E-state index contributed by atoms with van der Waals surface area (Å²) in [6.07, 6.45) is 1.92. The molecule has 1 heterocycles. The highest BCUT2D eigenvalue weighted by Gasteiger charge is 2.41. The zero-order valence-electron chi connectivity index (χ0n) is 9.89. The van der Waals surface area contributed by atoms with Crippen LogP contribution in [0.2, 0.25) is 0 Å². The molecule has 1 aliphatic rings. The molecule has 94 valence electrons. The van der Waals surface area contributed by atoms with Crippen LogP contribution in [0.15, 0.2) is 41.8 Å². The van der Waals surface area contributed by atoms with Crippen LogP contribution >= 0.6 is 0 Å². The van der Waals surface area contributed by atoms with Gasteiger partial charge in [0.2, 0.25) is 0 Å². The van der Waals surface area contributed by atoms with Crippen molar-refractivity contribution < 1.29 is 8.42 Å². The van der Waals surface area contributed by atoms with Gasteiger partial charge in [0, 0.05) is 12.1 Å². The SMILES string of the molecule is C=CCNC1(C#N)CCS(=O)(=O)c2ccccc21. The van der Waals surface area contributed by atoms with E-state index in [0.29, 0.717) is 12.1 Å². The Morgan fingerprint density at radius 1 is 1.50 bits per heavy atom. The predicted molar refractivity (Wildman–Crippen MR) is 68.6 cm³/mol. The fourth-order valence-corrected chi connectivity index (χ4v) is 3.87. The second kappa shape index (κ2) is 4.56. The quantitative estimate of drug-likeness (QED) is 0.835. The molecule has 1 N–H and O–H groups in total. The highest BCUT2D eigenvalue weighted by Crippen LogP contribution is 2.36. The van der Waals surface area contributed by atoms with E-state index in [9.17, 15) is 13.7 Å². The minimum absolute atomic E-state index is 0.0122. The Morgan fingerprint density at radius 2 is 2.22 bits per heavy atom. The molecule has 2 rings (SSSR count). The number of nitrogens with zero attached hydrogens (tertiary/aromatic N) is 1. The number of sulfone groups is 1. The lowest BCUT2D eigenvalue weighted by atomic mass is 9.88. The molecule has 0 saturated heterocycles. The van der Waals surface area contributed by atoms with E-state index in [1.807, 2.05) is 0 Å². The monoisotopic (exact) mass is 262 g/mol. The van der Waals surface area contributed by atoms with Crippen LogP contribution in [0, 0.1) is 11.3 Å². The number of hydrogen-bond donors (Lipinski definition) is 1. The summed E-state index contributed by atoms with van der Waals surface area (Å²) in [6.45, 7) is 4.07. The largest absolute Gasteiger partial charge is 0.292 e. The topological polar surface area (TPSA) is 70.0 Å². The lowest BCUT2D eigenvalue weighted by Crippen LogP contribution is -2.46. The number of rotatable bonds is 3. The van der Waals surface area contributed by atoms with Gasteiger partial charge in [0.25, 0.3) is 0 Å². The first-order chi connectivity index (χ1) is 8.56.